The Balaban J connectivity index is 2.63. The summed E-state index contributed by atoms with van der Waals surface area (Å²) in [5.74, 6) is 0. The molecule has 0 saturated carbocycles. The molecule has 0 spiro atoms. The van der Waals surface area contributed by atoms with Crippen LogP contribution >= 0.6 is 11.3 Å². The molecule has 12 heavy (non-hydrogen) atoms. The zero-order valence-electron chi connectivity index (χ0n) is 5.59. The van der Waals surface area contributed by atoms with Gasteiger partial charge in [-0.05, 0) is 0 Å². The molecular weight excluding hydrogens is 305 g/mol. The Morgan fingerprint density at radius 1 is 1.50 bits per heavy atom. The number of hydrogen-bond donors (Lipinski definition) is 0. The molecular formula is C6H3F3OSTe. The van der Waals surface area contributed by atoms with Crippen molar-refractivity contribution in [2.24, 2.45) is 0 Å². The Kier molecular flexibility index (Phi) is 3.15. The van der Waals surface area contributed by atoms with Crippen LogP contribution in [0.1, 0.15) is 9.67 Å². The van der Waals surface area contributed by atoms with Gasteiger partial charge < -0.3 is 0 Å². The number of halogens is 3. The number of carbonyl (C=O) groups excluding carboxylic acids is 1. The predicted octanol–water partition coefficient (Wildman–Crippen LogP) is 2.11. The van der Waals surface area contributed by atoms with Crippen LogP contribution in [-0.2, 0) is 0 Å². The summed E-state index contributed by atoms with van der Waals surface area (Å²) in [5.41, 5.74) is 0. The average Bonchev–Trinajstić information content (AvgIpc) is 2.32. The molecule has 0 fully saturated rings. The van der Waals surface area contributed by atoms with E-state index >= 15 is 0 Å². The summed E-state index contributed by atoms with van der Waals surface area (Å²) >= 11 is -1.49. The number of thiophene rings is 1. The van der Waals surface area contributed by atoms with Crippen molar-refractivity contribution in [2.75, 3.05) is 0 Å². The first-order valence-electron chi connectivity index (χ1n) is 2.82. The molecule has 1 aromatic heterocycles. The summed E-state index contributed by atoms with van der Waals surface area (Å²) in [4.78, 5) is 11.1. The predicted molar refractivity (Wildman–Crippen MR) is 40.5 cm³/mol. The molecule has 1 heterocycles. The molecule has 0 atom stereocenters. The Labute approximate surface area is 80.7 Å². The van der Waals surface area contributed by atoms with Gasteiger partial charge in [0, 0.05) is 0 Å². The van der Waals surface area contributed by atoms with Crippen LogP contribution < -0.4 is 0 Å². The molecule has 0 unspecified atom stereocenters. The van der Waals surface area contributed by atoms with Gasteiger partial charge in [0.15, 0.2) is 0 Å². The first-order chi connectivity index (χ1) is 5.49. The summed E-state index contributed by atoms with van der Waals surface area (Å²) in [6.07, 6.45) is 0. The average molecular weight is 308 g/mol. The van der Waals surface area contributed by atoms with Crippen molar-refractivity contribution in [1.29, 1.82) is 0 Å². The second kappa shape index (κ2) is 3.77. The maximum absolute atomic E-state index is 11.7. The van der Waals surface area contributed by atoms with E-state index in [1.165, 1.54) is 6.07 Å². The Hall–Kier alpha value is -0.0504. The van der Waals surface area contributed by atoms with Crippen LogP contribution in [0.15, 0.2) is 17.5 Å². The molecule has 0 saturated heterocycles. The summed E-state index contributed by atoms with van der Waals surface area (Å²) < 4.78 is 30.2. The number of rotatable bonds is 2. The molecule has 0 aliphatic heterocycles. The summed E-state index contributed by atoms with van der Waals surface area (Å²) in [5, 5.41) is 1.59. The SMILES string of the molecule is O=C([Te]C(F)(F)F)c1cccs1. The van der Waals surface area contributed by atoms with Gasteiger partial charge in [-0.1, -0.05) is 0 Å². The topological polar surface area (TPSA) is 17.1 Å². The minimum absolute atomic E-state index is 0.217. The van der Waals surface area contributed by atoms with Crippen LogP contribution in [0, 0.1) is 0 Å². The van der Waals surface area contributed by atoms with E-state index in [2.05, 4.69) is 0 Å². The van der Waals surface area contributed by atoms with Gasteiger partial charge in [-0.25, -0.2) is 0 Å². The third-order valence-electron chi connectivity index (χ3n) is 0.931. The molecule has 1 nitrogen and oxygen atoms in total. The third kappa shape index (κ3) is 3.13. The summed E-state index contributed by atoms with van der Waals surface area (Å²) in [7, 11) is 0. The van der Waals surface area contributed by atoms with E-state index in [9.17, 15) is 18.0 Å². The molecule has 0 aliphatic carbocycles. The number of hydrogen-bond acceptors (Lipinski definition) is 2. The fourth-order valence-electron chi connectivity index (χ4n) is 0.550. The Morgan fingerprint density at radius 3 is 2.58 bits per heavy atom. The van der Waals surface area contributed by atoms with Crippen LogP contribution in [0.2, 0.25) is 0 Å². The van der Waals surface area contributed by atoms with E-state index in [-0.39, 0.29) is 4.88 Å². The van der Waals surface area contributed by atoms with Gasteiger partial charge in [-0.15, -0.1) is 0 Å². The van der Waals surface area contributed by atoms with Gasteiger partial charge in [0.1, 0.15) is 0 Å². The number of carbonyl (C=O) groups is 1. The zero-order chi connectivity index (χ0) is 9.19. The van der Waals surface area contributed by atoms with E-state index in [1.807, 2.05) is 0 Å². The minimum atomic E-state index is -4.27. The first-order valence-corrected chi connectivity index (χ1v) is 6.03. The van der Waals surface area contributed by atoms with E-state index < -0.39 is 29.0 Å². The van der Waals surface area contributed by atoms with E-state index in [0.717, 1.165) is 11.3 Å². The molecule has 0 aromatic carbocycles. The van der Waals surface area contributed by atoms with Crippen LogP contribution in [0.3, 0.4) is 0 Å². The zero-order valence-corrected chi connectivity index (χ0v) is 8.74. The van der Waals surface area contributed by atoms with Crippen LogP contribution in [0.25, 0.3) is 0 Å². The Morgan fingerprint density at radius 2 is 2.17 bits per heavy atom. The van der Waals surface area contributed by atoms with E-state index in [1.54, 1.807) is 11.4 Å². The van der Waals surface area contributed by atoms with Crippen molar-refractivity contribution < 1.29 is 18.0 Å². The molecule has 1 aromatic rings. The molecule has 0 N–H and O–H groups in total. The van der Waals surface area contributed by atoms with Crippen LogP contribution in [0.4, 0.5) is 13.2 Å². The van der Waals surface area contributed by atoms with Crippen molar-refractivity contribution in [3.63, 3.8) is 0 Å². The van der Waals surface area contributed by atoms with Crippen LogP contribution in [0.5, 0.6) is 0 Å². The summed E-state index contributed by atoms with van der Waals surface area (Å²) in [6.45, 7) is 0. The van der Waals surface area contributed by atoms with Crippen molar-refractivity contribution in [2.45, 2.75) is 4.22 Å². The second-order valence-electron chi connectivity index (χ2n) is 1.81. The van der Waals surface area contributed by atoms with Crippen LogP contribution in [-0.4, -0.2) is 29.0 Å². The first kappa shape index (κ1) is 10.0. The normalized spacial score (nSPS) is 11.6. The van der Waals surface area contributed by atoms with Crippen molar-refractivity contribution >= 4 is 36.1 Å². The fraction of sp³-hybridized carbons (Fsp3) is 0.167. The van der Waals surface area contributed by atoms with Crippen molar-refractivity contribution in [1.82, 2.24) is 0 Å². The van der Waals surface area contributed by atoms with Crippen molar-refractivity contribution in [3.8, 4) is 0 Å². The van der Waals surface area contributed by atoms with E-state index in [0.29, 0.717) is 0 Å². The van der Waals surface area contributed by atoms with Gasteiger partial charge in [0.2, 0.25) is 0 Å². The Bertz CT molecular complexity index is 267. The summed E-state index contributed by atoms with van der Waals surface area (Å²) in [6, 6.07) is 2.99. The molecule has 0 amide bonds. The quantitative estimate of drug-likeness (QED) is 0.765. The van der Waals surface area contributed by atoms with Gasteiger partial charge in [0.05, 0.1) is 0 Å². The molecule has 0 radical (unpaired) electrons. The second-order valence-corrected chi connectivity index (χ2v) is 5.72. The van der Waals surface area contributed by atoms with Gasteiger partial charge in [0.25, 0.3) is 0 Å². The third-order valence-corrected chi connectivity index (χ3v) is 4.02. The molecule has 6 heteroatoms. The fourth-order valence-corrected chi connectivity index (χ4v) is 2.88. The van der Waals surface area contributed by atoms with Gasteiger partial charge in [-0.2, -0.15) is 0 Å². The molecule has 0 aliphatic rings. The monoisotopic (exact) mass is 310 g/mol. The van der Waals surface area contributed by atoms with Gasteiger partial charge >= 0.3 is 80.7 Å². The van der Waals surface area contributed by atoms with Gasteiger partial charge in [-0.3, -0.25) is 0 Å². The standard InChI is InChI=1S/C6H3F3OSTe/c7-6(8,9)12-5(10)4-2-1-3-11-4/h1-3H. The maximum atomic E-state index is 11.7. The number of alkyl halides is 3. The van der Waals surface area contributed by atoms with E-state index in [4.69, 9.17) is 0 Å². The molecule has 0 bridgehead atoms. The molecule has 1 rings (SSSR count). The van der Waals surface area contributed by atoms with Crippen molar-refractivity contribution in [3.05, 3.63) is 22.4 Å². The molecule has 66 valence electrons.